The second kappa shape index (κ2) is 8.55. The number of anilines is 3. The molecule has 1 fully saturated rings. The second-order valence-corrected chi connectivity index (χ2v) is 8.46. The van der Waals surface area contributed by atoms with Crippen molar-refractivity contribution in [3.8, 4) is 0 Å². The maximum absolute atomic E-state index is 6.22. The second-order valence-electron chi connectivity index (χ2n) is 8.02. The summed E-state index contributed by atoms with van der Waals surface area (Å²) in [7, 11) is 0. The van der Waals surface area contributed by atoms with Gasteiger partial charge in [-0.2, -0.15) is 4.98 Å². The molecule has 3 aromatic rings. The number of aromatic nitrogens is 4. The molecule has 154 valence electrons. The molecule has 1 saturated carbocycles. The lowest BCUT2D eigenvalue weighted by atomic mass is 10.2. The van der Waals surface area contributed by atoms with E-state index in [2.05, 4.69) is 20.2 Å². The maximum Gasteiger partial charge on any atom is 0.224 e. The van der Waals surface area contributed by atoms with Gasteiger partial charge >= 0.3 is 0 Å². The van der Waals surface area contributed by atoms with E-state index in [9.17, 15) is 0 Å². The van der Waals surface area contributed by atoms with Crippen molar-refractivity contribution in [2.75, 3.05) is 10.6 Å². The van der Waals surface area contributed by atoms with E-state index in [4.69, 9.17) is 27.3 Å². The van der Waals surface area contributed by atoms with Crippen LogP contribution in [0.3, 0.4) is 0 Å². The first kappa shape index (κ1) is 19.9. The monoisotopic (exact) mass is 413 g/mol. The summed E-state index contributed by atoms with van der Waals surface area (Å²) < 4.78 is 2.08. The molecule has 0 aliphatic heterocycles. The van der Waals surface area contributed by atoms with Crippen molar-refractivity contribution in [2.24, 2.45) is 5.73 Å². The third kappa shape index (κ3) is 4.79. The van der Waals surface area contributed by atoms with Gasteiger partial charge < -0.3 is 16.4 Å². The summed E-state index contributed by atoms with van der Waals surface area (Å²) in [6, 6.07) is 6.41. The number of fused-ring (bicyclic) bond motifs is 1. The van der Waals surface area contributed by atoms with Gasteiger partial charge in [0.2, 0.25) is 11.9 Å². The molecule has 0 spiro atoms. The lowest BCUT2D eigenvalue weighted by molar-refractivity contribution is 0.581. The number of imidazole rings is 1. The zero-order valence-corrected chi connectivity index (χ0v) is 17.7. The van der Waals surface area contributed by atoms with Gasteiger partial charge in [-0.1, -0.05) is 24.4 Å². The lowest BCUT2D eigenvalue weighted by Gasteiger charge is -2.14. The smallest absolute Gasteiger partial charge is 0.224 e. The number of nitrogens with two attached hydrogens (primary N) is 1. The van der Waals surface area contributed by atoms with E-state index in [1.807, 2.05) is 32.0 Å². The molecule has 4 N–H and O–H groups in total. The van der Waals surface area contributed by atoms with E-state index in [1.54, 1.807) is 6.20 Å². The van der Waals surface area contributed by atoms with Gasteiger partial charge in [0.25, 0.3) is 0 Å². The molecule has 1 aliphatic rings. The van der Waals surface area contributed by atoms with Gasteiger partial charge in [0, 0.05) is 29.3 Å². The van der Waals surface area contributed by atoms with Crippen LogP contribution in [0.2, 0.25) is 5.02 Å². The SMILES string of the molecule is Cc1cc(Cl)cc(Nc2nc3cnc(NC4CCCC4)nc3n2CCC(C)N)c1. The zero-order chi connectivity index (χ0) is 20.4. The minimum absolute atomic E-state index is 0.0895. The average Bonchev–Trinajstić information content (AvgIpc) is 3.26. The first-order chi connectivity index (χ1) is 14.0. The van der Waals surface area contributed by atoms with Crippen molar-refractivity contribution in [2.45, 2.75) is 64.6 Å². The maximum atomic E-state index is 6.22. The Bertz CT molecular complexity index is 972. The van der Waals surface area contributed by atoms with E-state index < -0.39 is 0 Å². The highest BCUT2D eigenvalue weighted by atomic mass is 35.5. The predicted molar refractivity (Wildman–Crippen MR) is 119 cm³/mol. The van der Waals surface area contributed by atoms with Gasteiger partial charge in [0.05, 0.1) is 6.20 Å². The van der Waals surface area contributed by atoms with Crippen LogP contribution in [0.4, 0.5) is 17.6 Å². The number of halogens is 1. The van der Waals surface area contributed by atoms with Gasteiger partial charge in [0.15, 0.2) is 5.65 Å². The Morgan fingerprint density at radius 2 is 2.03 bits per heavy atom. The molecular weight excluding hydrogens is 386 g/mol. The molecule has 2 aromatic heterocycles. The van der Waals surface area contributed by atoms with Gasteiger partial charge in [-0.15, -0.1) is 0 Å². The van der Waals surface area contributed by atoms with Crippen LogP contribution in [0.1, 0.15) is 44.6 Å². The quantitative estimate of drug-likeness (QED) is 0.523. The summed E-state index contributed by atoms with van der Waals surface area (Å²) in [5.74, 6) is 1.38. The number of hydrogen-bond donors (Lipinski definition) is 3. The van der Waals surface area contributed by atoms with Crippen LogP contribution in [0.15, 0.2) is 24.4 Å². The Labute approximate surface area is 176 Å². The molecule has 2 heterocycles. The van der Waals surface area contributed by atoms with E-state index in [0.717, 1.165) is 41.3 Å². The van der Waals surface area contributed by atoms with Crippen LogP contribution in [0, 0.1) is 6.92 Å². The zero-order valence-electron chi connectivity index (χ0n) is 17.0. The minimum Gasteiger partial charge on any atom is -0.351 e. The third-order valence-electron chi connectivity index (χ3n) is 5.28. The summed E-state index contributed by atoms with van der Waals surface area (Å²) in [4.78, 5) is 14.0. The fourth-order valence-electron chi connectivity index (χ4n) is 3.82. The van der Waals surface area contributed by atoms with Crippen LogP contribution in [0.25, 0.3) is 11.2 Å². The van der Waals surface area contributed by atoms with Gasteiger partial charge in [-0.3, -0.25) is 4.57 Å². The molecule has 1 unspecified atom stereocenters. The van der Waals surface area contributed by atoms with Crippen molar-refractivity contribution in [1.82, 2.24) is 19.5 Å². The Morgan fingerprint density at radius 1 is 1.24 bits per heavy atom. The van der Waals surface area contributed by atoms with Crippen LogP contribution in [-0.4, -0.2) is 31.6 Å². The Kier molecular flexibility index (Phi) is 5.87. The molecule has 0 amide bonds. The summed E-state index contributed by atoms with van der Waals surface area (Å²) in [5, 5.41) is 7.56. The topological polar surface area (TPSA) is 93.7 Å². The fraction of sp³-hybridized carbons (Fsp3) is 0.476. The highest BCUT2D eigenvalue weighted by Crippen LogP contribution is 2.26. The minimum atomic E-state index is 0.0895. The lowest BCUT2D eigenvalue weighted by Crippen LogP contribution is -2.19. The number of hydrogen-bond acceptors (Lipinski definition) is 6. The summed E-state index contributed by atoms with van der Waals surface area (Å²) in [5.41, 5.74) is 9.56. The van der Waals surface area contributed by atoms with E-state index in [-0.39, 0.29) is 6.04 Å². The standard InChI is InChI=1S/C21H28ClN7/c1-13-9-15(22)11-17(10-13)26-21-27-18-12-24-20(25-16-5-3-4-6-16)28-19(18)29(21)8-7-14(2)23/h9-12,14,16H,3-8,23H2,1-2H3,(H,26,27)(H,24,25,28). The number of nitrogens with one attached hydrogen (secondary N) is 2. The number of benzene rings is 1. The molecule has 1 aliphatic carbocycles. The van der Waals surface area contributed by atoms with Crippen LogP contribution in [-0.2, 0) is 6.54 Å². The predicted octanol–water partition coefficient (Wildman–Crippen LogP) is 4.62. The summed E-state index contributed by atoms with van der Waals surface area (Å²) in [6.45, 7) is 4.74. The summed E-state index contributed by atoms with van der Waals surface area (Å²) >= 11 is 6.22. The Balaban J connectivity index is 1.68. The van der Waals surface area contributed by atoms with Crippen molar-refractivity contribution in [1.29, 1.82) is 0 Å². The largest absolute Gasteiger partial charge is 0.351 e. The van der Waals surface area contributed by atoms with Gasteiger partial charge in [0.1, 0.15) is 5.52 Å². The number of aryl methyl sites for hydroxylation is 2. The highest BCUT2D eigenvalue weighted by molar-refractivity contribution is 6.30. The van der Waals surface area contributed by atoms with Crippen LogP contribution in [0.5, 0.6) is 0 Å². The molecule has 7 nitrogen and oxygen atoms in total. The van der Waals surface area contributed by atoms with E-state index in [1.165, 1.54) is 25.7 Å². The molecule has 4 rings (SSSR count). The van der Waals surface area contributed by atoms with E-state index in [0.29, 0.717) is 17.0 Å². The molecule has 1 atom stereocenters. The molecule has 8 heteroatoms. The average molecular weight is 414 g/mol. The first-order valence-electron chi connectivity index (χ1n) is 10.3. The van der Waals surface area contributed by atoms with Gasteiger partial charge in [-0.05, 0) is 56.9 Å². The normalized spacial score (nSPS) is 15.7. The van der Waals surface area contributed by atoms with Gasteiger partial charge in [-0.25, -0.2) is 9.97 Å². The molecular formula is C21H28ClN7. The summed E-state index contributed by atoms with van der Waals surface area (Å²) in [6.07, 6.45) is 7.48. The van der Waals surface area contributed by atoms with Crippen LogP contribution < -0.4 is 16.4 Å². The number of rotatable bonds is 7. The van der Waals surface area contributed by atoms with E-state index >= 15 is 0 Å². The van der Waals surface area contributed by atoms with Crippen molar-refractivity contribution < 1.29 is 0 Å². The Hall–Kier alpha value is -2.38. The van der Waals surface area contributed by atoms with Crippen molar-refractivity contribution in [3.63, 3.8) is 0 Å². The highest BCUT2D eigenvalue weighted by Gasteiger charge is 2.18. The first-order valence-corrected chi connectivity index (χ1v) is 10.7. The Morgan fingerprint density at radius 3 is 2.76 bits per heavy atom. The fourth-order valence-corrected chi connectivity index (χ4v) is 4.11. The van der Waals surface area contributed by atoms with Crippen LogP contribution >= 0.6 is 11.6 Å². The third-order valence-corrected chi connectivity index (χ3v) is 5.50. The molecule has 0 saturated heterocycles. The molecule has 29 heavy (non-hydrogen) atoms. The van der Waals surface area contributed by atoms with Crippen molar-refractivity contribution >= 4 is 40.3 Å². The molecule has 0 bridgehead atoms. The molecule has 0 radical (unpaired) electrons. The van der Waals surface area contributed by atoms with Crippen molar-refractivity contribution in [3.05, 3.63) is 35.0 Å². The number of nitrogens with zero attached hydrogens (tertiary/aromatic N) is 4. The molecule has 1 aromatic carbocycles.